The highest BCUT2D eigenvalue weighted by molar-refractivity contribution is 6.31. The van der Waals surface area contributed by atoms with E-state index in [1.807, 2.05) is 13.0 Å². The lowest BCUT2D eigenvalue weighted by Crippen LogP contribution is -2.05. The molecule has 0 saturated carbocycles. The van der Waals surface area contributed by atoms with Gasteiger partial charge >= 0.3 is 11.9 Å². The fourth-order valence-electron chi connectivity index (χ4n) is 1.55. The Morgan fingerprint density at radius 2 is 2.13 bits per heavy atom. The summed E-state index contributed by atoms with van der Waals surface area (Å²) >= 11 is 5.94. The van der Waals surface area contributed by atoms with Crippen molar-refractivity contribution >= 4 is 23.5 Å². The van der Waals surface area contributed by atoms with Gasteiger partial charge in [-0.25, -0.2) is 0 Å². The molecule has 78 valence electrons. The standard InChI is InChI=1S/C11H9ClO3/c1-6-2-3-7(4-9(6)12)8-5-10(13)15-11(8)14/h2-4,8H,5H2,1H3. The van der Waals surface area contributed by atoms with Crippen molar-refractivity contribution < 1.29 is 14.3 Å². The maximum atomic E-state index is 11.3. The summed E-state index contributed by atoms with van der Waals surface area (Å²) in [5.74, 6) is -1.45. The molecule has 1 unspecified atom stereocenters. The first-order valence-corrected chi connectivity index (χ1v) is 4.96. The predicted octanol–water partition coefficient (Wildman–Crippen LogP) is 2.21. The highest BCUT2D eigenvalue weighted by atomic mass is 35.5. The second kappa shape index (κ2) is 3.66. The van der Waals surface area contributed by atoms with Crippen molar-refractivity contribution in [2.45, 2.75) is 19.3 Å². The number of ether oxygens (including phenoxy) is 1. The molecule has 0 aromatic heterocycles. The Morgan fingerprint density at radius 3 is 2.67 bits per heavy atom. The molecule has 0 aliphatic carbocycles. The van der Waals surface area contributed by atoms with Crippen molar-refractivity contribution in [3.05, 3.63) is 34.3 Å². The van der Waals surface area contributed by atoms with Crippen LogP contribution in [0.25, 0.3) is 0 Å². The first-order chi connectivity index (χ1) is 7.08. The zero-order chi connectivity index (χ0) is 11.0. The Hall–Kier alpha value is -1.35. The Kier molecular flexibility index (Phi) is 2.49. The molecule has 1 aliphatic heterocycles. The highest BCUT2D eigenvalue weighted by Gasteiger charge is 2.34. The average Bonchev–Trinajstić information content (AvgIpc) is 2.50. The fourth-order valence-corrected chi connectivity index (χ4v) is 1.74. The molecular formula is C11H9ClO3. The van der Waals surface area contributed by atoms with Crippen molar-refractivity contribution in [3.63, 3.8) is 0 Å². The SMILES string of the molecule is Cc1ccc(C2CC(=O)OC2=O)cc1Cl. The topological polar surface area (TPSA) is 43.4 Å². The summed E-state index contributed by atoms with van der Waals surface area (Å²) in [6.45, 7) is 1.88. The van der Waals surface area contributed by atoms with Crippen molar-refractivity contribution in [3.8, 4) is 0 Å². The molecule has 1 aromatic rings. The molecule has 0 radical (unpaired) electrons. The molecular weight excluding hydrogens is 216 g/mol. The number of aryl methyl sites for hydroxylation is 1. The van der Waals surface area contributed by atoms with Crippen molar-refractivity contribution in [1.29, 1.82) is 0 Å². The molecule has 0 amide bonds. The normalized spacial score (nSPS) is 20.5. The van der Waals surface area contributed by atoms with Gasteiger partial charge in [-0.05, 0) is 24.1 Å². The molecule has 0 spiro atoms. The maximum absolute atomic E-state index is 11.3. The van der Waals surface area contributed by atoms with Crippen LogP contribution in [0.15, 0.2) is 18.2 Å². The van der Waals surface area contributed by atoms with Gasteiger partial charge in [-0.1, -0.05) is 23.7 Å². The van der Waals surface area contributed by atoms with E-state index in [0.29, 0.717) is 5.02 Å². The zero-order valence-corrected chi connectivity index (χ0v) is 8.88. The number of esters is 2. The van der Waals surface area contributed by atoms with E-state index in [1.165, 1.54) is 0 Å². The van der Waals surface area contributed by atoms with Gasteiger partial charge in [-0.3, -0.25) is 9.59 Å². The lowest BCUT2D eigenvalue weighted by molar-refractivity contribution is -0.152. The summed E-state index contributed by atoms with van der Waals surface area (Å²) < 4.78 is 4.48. The lowest BCUT2D eigenvalue weighted by Gasteiger charge is -2.06. The quantitative estimate of drug-likeness (QED) is 0.543. The Labute approximate surface area is 92.0 Å². The molecule has 4 heteroatoms. The largest absolute Gasteiger partial charge is 0.393 e. The summed E-state index contributed by atoms with van der Waals surface area (Å²) in [4.78, 5) is 22.2. The monoisotopic (exact) mass is 224 g/mol. The van der Waals surface area contributed by atoms with Crippen molar-refractivity contribution in [1.82, 2.24) is 0 Å². The summed E-state index contributed by atoms with van der Waals surface area (Å²) in [6, 6.07) is 5.33. The predicted molar refractivity (Wildman–Crippen MR) is 54.6 cm³/mol. The summed E-state index contributed by atoms with van der Waals surface area (Å²) in [6.07, 6.45) is 0.109. The minimum Gasteiger partial charge on any atom is -0.393 e. The molecule has 1 saturated heterocycles. The zero-order valence-electron chi connectivity index (χ0n) is 8.12. The summed E-state index contributed by atoms with van der Waals surface area (Å²) in [5.41, 5.74) is 1.68. The summed E-state index contributed by atoms with van der Waals surface area (Å²) in [7, 11) is 0. The van der Waals surface area contributed by atoms with Crippen LogP contribution in [0.2, 0.25) is 5.02 Å². The van der Waals surface area contributed by atoms with Gasteiger partial charge in [-0.2, -0.15) is 0 Å². The molecule has 0 bridgehead atoms. The van der Waals surface area contributed by atoms with Crippen LogP contribution in [-0.2, 0) is 14.3 Å². The fraction of sp³-hybridized carbons (Fsp3) is 0.273. The molecule has 1 heterocycles. The van der Waals surface area contributed by atoms with Crippen LogP contribution in [-0.4, -0.2) is 11.9 Å². The molecule has 2 rings (SSSR count). The van der Waals surface area contributed by atoms with E-state index in [9.17, 15) is 9.59 Å². The lowest BCUT2D eigenvalue weighted by atomic mass is 9.97. The van der Waals surface area contributed by atoms with Gasteiger partial charge in [0.25, 0.3) is 0 Å². The van der Waals surface area contributed by atoms with E-state index < -0.39 is 17.9 Å². The van der Waals surface area contributed by atoms with Gasteiger partial charge in [0.15, 0.2) is 0 Å². The number of carbonyl (C=O) groups is 2. The number of carbonyl (C=O) groups excluding carboxylic acids is 2. The molecule has 1 fully saturated rings. The average molecular weight is 225 g/mol. The van der Waals surface area contributed by atoms with E-state index >= 15 is 0 Å². The molecule has 1 aliphatic rings. The third kappa shape index (κ3) is 1.88. The van der Waals surface area contributed by atoms with Crippen molar-refractivity contribution in [2.75, 3.05) is 0 Å². The van der Waals surface area contributed by atoms with Crippen molar-refractivity contribution in [2.24, 2.45) is 0 Å². The highest BCUT2D eigenvalue weighted by Crippen LogP contribution is 2.30. The maximum Gasteiger partial charge on any atom is 0.321 e. The van der Waals surface area contributed by atoms with Crippen LogP contribution in [0.4, 0.5) is 0 Å². The Balaban J connectivity index is 2.34. The van der Waals surface area contributed by atoms with E-state index in [0.717, 1.165) is 11.1 Å². The number of cyclic esters (lactones) is 2. The van der Waals surface area contributed by atoms with Gasteiger partial charge in [0, 0.05) is 5.02 Å². The molecule has 1 atom stereocenters. The van der Waals surface area contributed by atoms with Gasteiger partial charge < -0.3 is 4.74 Å². The van der Waals surface area contributed by atoms with Gasteiger partial charge in [-0.15, -0.1) is 0 Å². The third-order valence-electron chi connectivity index (χ3n) is 2.47. The summed E-state index contributed by atoms with van der Waals surface area (Å²) in [5, 5.41) is 0.597. The number of hydrogen-bond donors (Lipinski definition) is 0. The smallest absolute Gasteiger partial charge is 0.321 e. The van der Waals surface area contributed by atoms with Gasteiger partial charge in [0.05, 0.1) is 12.3 Å². The molecule has 0 N–H and O–H groups in total. The molecule has 1 aromatic carbocycles. The first-order valence-electron chi connectivity index (χ1n) is 4.58. The van der Waals surface area contributed by atoms with Gasteiger partial charge in [0.2, 0.25) is 0 Å². The van der Waals surface area contributed by atoms with E-state index in [1.54, 1.807) is 12.1 Å². The second-order valence-electron chi connectivity index (χ2n) is 3.56. The van der Waals surface area contributed by atoms with Crippen LogP contribution in [0.3, 0.4) is 0 Å². The van der Waals surface area contributed by atoms with Crippen LogP contribution in [0.1, 0.15) is 23.5 Å². The minimum atomic E-state index is -0.490. The second-order valence-corrected chi connectivity index (χ2v) is 3.97. The van der Waals surface area contributed by atoms with Crippen LogP contribution < -0.4 is 0 Å². The Morgan fingerprint density at radius 1 is 1.40 bits per heavy atom. The van der Waals surface area contributed by atoms with Crippen LogP contribution in [0, 0.1) is 6.92 Å². The third-order valence-corrected chi connectivity index (χ3v) is 2.88. The molecule has 3 nitrogen and oxygen atoms in total. The minimum absolute atomic E-state index is 0.109. The number of rotatable bonds is 1. The number of hydrogen-bond acceptors (Lipinski definition) is 3. The van der Waals surface area contributed by atoms with E-state index in [2.05, 4.69) is 4.74 Å². The molecule has 15 heavy (non-hydrogen) atoms. The Bertz CT molecular complexity index is 439. The number of benzene rings is 1. The van der Waals surface area contributed by atoms with Gasteiger partial charge in [0.1, 0.15) is 0 Å². The first kappa shape index (κ1) is 10.2. The van der Waals surface area contributed by atoms with Crippen LogP contribution in [0.5, 0.6) is 0 Å². The van der Waals surface area contributed by atoms with E-state index in [4.69, 9.17) is 11.6 Å². The number of halogens is 1. The van der Waals surface area contributed by atoms with Crippen LogP contribution >= 0.6 is 11.6 Å². The van der Waals surface area contributed by atoms with E-state index in [-0.39, 0.29) is 6.42 Å².